The molecule has 4 heteroatoms. The summed E-state index contributed by atoms with van der Waals surface area (Å²) in [7, 11) is 0. The first-order valence-electron chi connectivity index (χ1n) is 11.2. The van der Waals surface area contributed by atoms with Crippen LogP contribution in [0.4, 0.5) is 5.69 Å². The van der Waals surface area contributed by atoms with Crippen molar-refractivity contribution in [2.45, 2.75) is 65.2 Å². The monoisotopic (exact) mass is 434 g/mol. The van der Waals surface area contributed by atoms with Gasteiger partial charge in [0.05, 0.1) is 0 Å². The summed E-state index contributed by atoms with van der Waals surface area (Å²) in [5.74, 6) is 0.928. The number of thioether (sulfide) groups is 1. The van der Waals surface area contributed by atoms with Crippen molar-refractivity contribution in [3.63, 3.8) is 0 Å². The fourth-order valence-corrected chi connectivity index (χ4v) is 5.65. The lowest BCUT2D eigenvalue weighted by molar-refractivity contribution is -0.114. The van der Waals surface area contributed by atoms with Crippen LogP contribution < -0.4 is 10.6 Å². The summed E-state index contributed by atoms with van der Waals surface area (Å²) in [6, 6.07) is 11.2. The Hall–Kier alpha value is -2.04. The molecular weight excluding hydrogens is 400 g/mol. The van der Waals surface area contributed by atoms with Crippen LogP contribution in [-0.4, -0.2) is 18.3 Å². The lowest BCUT2D eigenvalue weighted by atomic mass is 9.62. The van der Waals surface area contributed by atoms with Crippen molar-refractivity contribution >= 4 is 29.4 Å². The van der Waals surface area contributed by atoms with Gasteiger partial charge >= 0.3 is 0 Å². The number of rotatable bonds is 3. The number of carbonyl (C=O) groups excluding carboxylic acids is 1. The molecule has 0 saturated carbocycles. The van der Waals surface area contributed by atoms with Gasteiger partial charge in [0.25, 0.3) is 0 Å². The second kappa shape index (κ2) is 8.14. The van der Waals surface area contributed by atoms with Crippen molar-refractivity contribution in [1.82, 2.24) is 5.32 Å². The predicted molar refractivity (Wildman–Crippen MR) is 135 cm³/mol. The van der Waals surface area contributed by atoms with Crippen molar-refractivity contribution in [3.8, 4) is 11.1 Å². The molecule has 1 aliphatic carbocycles. The number of nitrogens with one attached hydrogen (secondary N) is 2. The summed E-state index contributed by atoms with van der Waals surface area (Å²) in [6.07, 6.45) is 4.65. The van der Waals surface area contributed by atoms with Gasteiger partial charge in [-0.25, -0.2) is 0 Å². The molecule has 31 heavy (non-hydrogen) atoms. The number of fused-ring (bicyclic) bond motifs is 1. The van der Waals surface area contributed by atoms with E-state index in [1.807, 2.05) is 17.8 Å². The normalized spacial score (nSPS) is 20.5. The average Bonchev–Trinajstić information content (AvgIpc) is 3.19. The van der Waals surface area contributed by atoms with Crippen molar-refractivity contribution in [2.75, 3.05) is 17.7 Å². The molecule has 2 aliphatic rings. The van der Waals surface area contributed by atoms with Crippen LogP contribution in [-0.2, 0) is 15.6 Å². The molecule has 0 aromatic heterocycles. The van der Waals surface area contributed by atoms with Crippen LogP contribution in [0.25, 0.3) is 17.2 Å². The maximum absolute atomic E-state index is 11.9. The lowest BCUT2D eigenvalue weighted by Gasteiger charge is -2.42. The fraction of sp³-hybridized carbons (Fsp3) is 0.444. The third-order valence-electron chi connectivity index (χ3n) is 6.83. The standard InChI is InChI=1S/C27H34N2OS/c1-17-11-23-24(27(5,6)10-9-26(23,3)4)14-21(17)22-13-19(12-20-15-28-16-31-20)7-8-25(22)29-18(2)30/h7-8,11-14,28H,9-10,15-16H2,1-6H3,(H,29,30). The minimum absolute atomic E-state index is 0.0417. The second-order valence-electron chi connectivity index (χ2n) is 10.3. The third-order valence-corrected chi connectivity index (χ3v) is 7.81. The number of hydrogen-bond donors (Lipinski definition) is 2. The van der Waals surface area contributed by atoms with Crippen LogP contribution in [0.5, 0.6) is 0 Å². The van der Waals surface area contributed by atoms with E-state index in [9.17, 15) is 4.79 Å². The van der Waals surface area contributed by atoms with E-state index in [1.54, 1.807) is 6.92 Å². The van der Waals surface area contributed by atoms with E-state index in [1.165, 1.54) is 45.6 Å². The van der Waals surface area contributed by atoms with E-state index < -0.39 is 0 Å². The highest BCUT2D eigenvalue weighted by Gasteiger charge is 2.37. The number of anilines is 1. The van der Waals surface area contributed by atoms with Gasteiger partial charge in [-0.3, -0.25) is 4.79 Å². The first-order chi connectivity index (χ1) is 14.6. The molecule has 1 aliphatic heterocycles. The summed E-state index contributed by atoms with van der Waals surface area (Å²) in [4.78, 5) is 13.3. The Morgan fingerprint density at radius 1 is 1.03 bits per heavy atom. The molecule has 0 bridgehead atoms. The highest BCUT2D eigenvalue weighted by atomic mass is 32.2. The summed E-state index contributed by atoms with van der Waals surface area (Å²) in [5.41, 5.74) is 8.87. The number of carbonyl (C=O) groups is 1. The van der Waals surface area contributed by atoms with Crippen LogP contribution in [0.2, 0.25) is 0 Å². The van der Waals surface area contributed by atoms with Gasteiger partial charge < -0.3 is 10.6 Å². The first-order valence-corrected chi connectivity index (χ1v) is 12.2. The van der Waals surface area contributed by atoms with Crippen LogP contribution in [0.15, 0.2) is 35.2 Å². The molecular formula is C27H34N2OS. The molecule has 0 radical (unpaired) electrons. The molecule has 1 amide bonds. The van der Waals surface area contributed by atoms with E-state index in [4.69, 9.17) is 0 Å². The van der Waals surface area contributed by atoms with Gasteiger partial charge in [-0.15, -0.1) is 11.8 Å². The van der Waals surface area contributed by atoms with Crippen molar-refractivity contribution in [2.24, 2.45) is 0 Å². The molecule has 1 heterocycles. The Morgan fingerprint density at radius 3 is 2.32 bits per heavy atom. The largest absolute Gasteiger partial charge is 0.326 e. The van der Waals surface area contributed by atoms with Crippen LogP contribution in [0, 0.1) is 6.92 Å². The Labute approximate surface area is 191 Å². The number of benzene rings is 2. The van der Waals surface area contributed by atoms with Crippen molar-refractivity contribution in [1.29, 1.82) is 0 Å². The van der Waals surface area contributed by atoms with E-state index in [0.29, 0.717) is 0 Å². The average molecular weight is 435 g/mol. The molecule has 164 valence electrons. The van der Waals surface area contributed by atoms with E-state index in [0.717, 1.165) is 23.7 Å². The minimum Gasteiger partial charge on any atom is -0.326 e. The zero-order chi connectivity index (χ0) is 22.4. The van der Waals surface area contributed by atoms with Gasteiger partial charge in [-0.1, -0.05) is 39.8 Å². The summed E-state index contributed by atoms with van der Waals surface area (Å²) < 4.78 is 0. The first kappa shape index (κ1) is 22.2. The zero-order valence-corrected chi connectivity index (χ0v) is 20.4. The quantitative estimate of drug-likeness (QED) is 0.571. The SMILES string of the molecule is CC(=O)Nc1ccc(C=C2CNCS2)cc1-c1cc2c(cc1C)C(C)(C)CCC2(C)C. The molecule has 2 N–H and O–H groups in total. The summed E-state index contributed by atoms with van der Waals surface area (Å²) >= 11 is 1.86. The Morgan fingerprint density at radius 2 is 1.71 bits per heavy atom. The maximum Gasteiger partial charge on any atom is 0.221 e. The van der Waals surface area contributed by atoms with Crippen LogP contribution >= 0.6 is 11.8 Å². The smallest absolute Gasteiger partial charge is 0.221 e. The Bertz CT molecular complexity index is 1060. The lowest BCUT2D eigenvalue weighted by Crippen LogP contribution is -2.34. The Balaban J connectivity index is 1.89. The summed E-state index contributed by atoms with van der Waals surface area (Å²) in [6.45, 7) is 14.2. The summed E-state index contributed by atoms with van der Waals surface area (Å²) in [5, 5.41) is 6.43. The van der Waals surface area contributed by atoms with Gasteiger partial charge in [-0.05, 0) is 82.7 Å². The van der Waals surface area contributed by atoms with Crippen LogP contribution in [0.1, 0.15) is 69.7 Å². The van der Waals surface area contributed by atoms with E-state index in [-0.39, 0.29) is 16.7 Å². The molecule has 4 rings (SSSR count). The molecule has 1 saturated heterocycles. The zero-order valence-electron chi connectivity index (χ0n) is 19.6. The van der Waals surface area contributed by atoms with Gasteiger partial charge in [-0.2, -0.15) is 0 Å². The number of amides is 1. The maximum atomic E-state index is 11.9. The molecule has 1 fully saturated rings. The molecule has 0 unspecified atom stereocenters. The molecule has 2 aromatic carbocycles. The number of hydrogen-bond acceptors (Lipinski definition) is 3. The Kier molecular flexibility index (Phi) is 5.82. The highest BCUT2D eigenvalue weighted by Crippen LogP contribution is 2.48. The van der Waals surface area contributed by atoms with E-state index in [2.05, 4.69) is 75.6 Å². The van der Waals surface area contributed by atoms with Gasteiger partial charge in [0, 0.05) is 35.5 Å². The second-order valence-corrected chi connectivity index (χ2v) is 11.4. The van der Waals surface area contributed by atoms with Crippen molar-refractivity contribution in [3.05, 3.63) is 57.5 Å². The fourth-order valence-electron chi connectivity index (χ4n) is 4.83. The topological polar surface area (TPSA) is 41.1 Å². The number of aryl methyl sites for hydroxylation is 1. The van der Waals surface area contributed by atoms with Crippen molar-refractivity contribution < 1.29 is 4.79 Å². The molecule has 2 aromatic rings. The minimum atomic E-state index is -0.0417. The molecule has 3 nitrogen and oxygen atoms in total. The molecule has 0 spiro atoms. The van der Waals surface area contributed by atoms with Gasteiger partial charge in [0.1, 0.15) is 0 Å². The highest BCUT2D eigenvalue weighted by molar-refractivity contribution is 8.03. The van der Waals surface area contributed by atoms with Gasteiger partial charge in [0.2, 0.25) is 5.91 Å². The molecule has 0 atom stereocenters. The van der Waals surface area contributed by atoms with Crippen LogP contribution in [0.3, 0.4) is 0 Å². The van der Waals surface area contributed by atoms with E-state index >= 15 is 0 Å². The predicted octanol–water partition coefficient (Wildman–Crippen LogP) is 6.60. The third kappa shape index (κ3) is 4.47. The van der Waals surface area contributed by atoms with Gasteiger partial charge in [0.15, 0.2) is 0 Å².